The Labute approximate surface area is 157 Å². The number of nitrogens with zero attached hydrogens (tertiary/aromatic N) is 3. The molecule has 6 heteroatoms. The van der Waals surface area contributed by atoms with Crippen LogP contribution in [0, 0.1) is 11.8 Å². The van der Waals surface area contributed by atoms with E-state index in [4.69, 9.17) is 4.84 Å². The highest BCUT2D eigenvalue weighted by Crippen LogP contribution is 2.29. The minimum absolute atomic E-state index is 0.116. The lowest BCUT2D eigenvalue weighted by molar-refractivity contribution is 0.106. The lowest BCUT2D eigenvalue weighted by Gasteiger charge is -2.32. The van der Waals surface area contributed by atoms with E-state index in [0.717, 1.165) is 37.4 Å². The third-order valence-corrected chi connectivity index (χ3v) is 5.16. The zero-order valence-electron chi connectivity index (χ0n) is 14.9. The normalized spacial score (nSPS) is 13.8. The van der Waals surface area contributed by atoms with E-state index in [-0.39, 0.29) is 5.78 Å². The van der Waals surface area contributed by atoms with Crippen LogP contribution in [-0.2, 0) is 4.84 Å². The first kappa shape index (κ1) is 18.2. The molecule has 0 aromatic carbocycles. The molecule has 1 fully saturated rings. The number of carbonyl (C=O) groups excluding carboxylic acids is 1. The molecule has 134 valence electrons. The first-order valence-electron chi connectivity index (χ1n) is 8.44. The number of aromatic nitrogens is 1. The molecule has 1 aliphatic rings. The molecule has 3 rings (SSSR count). The Bertz CT molecular complexity index is 839. The average Bonchev–Trinajstić information content (AvgIpc) is 3.23. The van der Waals surface area contributed by atoms with Crippen molar-refractivity contribution in [2.75, 3.05) is 37.2 Å². The van der Waals surface area contributed by atoms with Gasteiger partial charge in [-0.05, 0) is 48.4 Å². The molecular formula is C20H21N3O2S. The standard InChI is InChI=1S/C20H21N3O2S/c1-22(25-2)17-7-4-12-21-20(17)23-13-10-16(11-14-23)6-3-8-18(24)19-9-5-15-26-19/h4-7,9,12,15H,10-11,13-14H2,1-2H3. The maximum absolute atomic E-state index is 11.9. The van der Waals surface area contributed by atoms with Gasteiger partial charge in [0.05, 0.1) is 12.0 Å². The maximum Gasteiger partial charge on any atom is 0.246 e. The van der Waals surface area contributed by atoms with Gasteiger partial charge in [-0.15, -0.1) is 11.3 Å². The number of anilines is 2. The van der Waals surface area contributed by atoms with Crippen LogP contribution in [0.15, 0.2) is 47.5 Å². The Kier molecular flexibility index (Phi) is 6.05. The fourth-order valence-corrected chi connectivity index (χ4v) is 3.42. The van der Waals surface area contributed by atoms with Crippen LogP contribution in [0.2, 0.25) is 0 Å². The summed E-state index contributed by atoms with van der Waals surface area (Å²) in [5, 5.41) is 3.60. The zero-order chi connectivity index (χ0) is 18.4. The van der Waals surface area contributed by atoms with E-state index in [1.165, 1.54) is 16.9 Å². The predicted octanol–water partition coefficient (Wildman–Crippen LogP) is 3.55. The molecule has 5 nitrogen and oxygen atoms in total. The molecule has 0 unspecified atom stereocenters. The van der Waals surface area contributed by atoms with Crippen LogP contribution in [0.25, 0.3) is 0 Å². The Morgan fingerprint density at radius 3 is 2.85 bits per heavy atom. The van der Waals surface area contributed by atoms with Crippen LogP contribution in [0.3, 0.4) is 0 Å². The van der Waals surface area contributed by atoms with E-state index in [1.54, 1.807) is 24.4 Å². The molecule has 0 N–H and O–H groups in total. The summed E-state index contributed by atoms with van der Waals surface area (Å²) in [4.78, 5) is 24.7. The van der Waals surface area contributed by atoms with Crippen molar-refractivity contribution in [3.8, 4) is 11.8 Å². The SMILES string of the molecule is CON(C)c1cccnc1N1CCC(=CC#CC(=O)c2cccs2)CC1. The lowest BCUT2D eigenvalue weighted by atomic mass is 10.0. The molecule has 0 atom stereocenters. The van der Waals surface area contributed by atoms with Gasteiger partial charge in [0, 0.05) is 26.3 Å². The van der Waals surface area contributed by atoms with E-state index in [0.29, 0.717) is 4.88 Å². The highest BCUT2D eigenvalue weighted by Gasteiger charge is 2.19. The molecule has 0 spiro atoms. The number of hydroxylamine groups is 1. The molecule has 0 radical (unpaired) electrons. The van der Waals surface area contributed by atoms with Gasteiger partial charge < -0.3 is 4.90 Å². The smallest absolute Gasteiger partial charge is 0.246 e. The Morgan fingerprint density at radius 1 is 1.35 bits per heavy atom. The van der Waals surface area contributed by atoms with Gasteiger partial charge in [0.25, 0.3) is 0 Å². The predicted molar refractivity (Wildman–Crippen MR) is 106 cm³/mol. The second kappa shape index (κ2) is 8.65. The number of rotatable bonds is 4. The van der Waals surface area contributed by atoms with Gasteiger partial charge in [0.1, 0.15) is 5.69 Å². The maximum atomic E-state index is 11.9. The van der Waals surface area contributed by atoms with Crippen molar-refractivity contribution in [1.82, 2.24) is 4.98 Å². The number of pyridine rings is 1. The summed E-state index contributed by atoms with van der Waals surface area (Å²) in [6.07, 6.45) is 5.52. The Hall–Kier alpha value is -2.62. The molecule has 3 heterocycles. The van der Waals surface area contributed by atoms with Crippen LogP contribution >= 0.6 is 11.3 Å². The number of hydrogen-bond donors (Lipinski definition) is 0. The topological polar surface area (TPSA) is 45.7 Å². The molecule has 26 heavy (non-hydrogen) atoms. The van der Waals surface area contributed by atoms with Gasteiger partial charge in [0.15, 0.2) is 5.82 Å². The Morgan fingerprint density at radius 2 is 2.15 bits per heavy atom. The van der Waals surface area contributed by atoms with Gasteiger partial charge in [-0.1, -0.05) is 17.6 Å². The quantitative estimate of drug-likeness (QED) is 0.358. The molecule has 2 aromatic rings. The van der Waals surface area contributed by atoms with Gasteiger partial charge in [-0.25, -0.2) is 4.98 Å². The highest BCUT2D eigenvalue weighted by molar-refractivity contribution is 7.12. The average molecular weight is 367 g/mol. The Balaban J connectivity index is 1.63. The fourth-order valence-electron chi connectivity index (χ4n) is 2.80. The third-order valence-electron chi connectivity index (χ3n) is 4.29. The second-order valence-electron chi connectivity index (χ2n) is 5.89. The van der Waals surface area contributed by atoms with Crippen molar-refractivity contribution in [3.05, 3.63) is 52.4 Å². The number of allylic oxidation sites excluding steroid dienone is 1. The summed E-state index contributed by atoms with van der Waals surface area (Å²) in [6.45, 7) is 1.74. The van der Waals surface area contributed by atoms with Crippen molar-refractivity contribution in [2.45, 2.75) is 12.8 Å². The first-order valence-corrected chi connectivity index (χ1v) is 9.32. The molecule has 1 aliphatic heterocycles. The van der Waals surface area contributed by atoms with Crippen molar-refractivity contribution in [2.24, 2.45) is 0 Å². The molecule has 1 saturated heterocycles. The van der Waals surface area contributed by atoms with Gasteiger partial charge >= 0.3 is 0 Å². The summed E-state index contributed by atoms with van der Waals surface area (Å²) in [6, 6.07) is 7.57. The van der Waals surface area contributed by atoms with Crippen LogP contribution in [0.1, 0.15) is 22.5 Å². The molecule has 0 aliphatic carbocycles. The van der Waals surface area contributed by atoms with Gasteiger partial charge in [-0.3, -0.25) is 14.7 Å². The summed E-state index contributed by atoms with van der Waals surface area (Å²) in [5.41, 5.74) is 2.22. The minimum Gasteiger partial charge on any atom is -0.354 e. The number of carbonyl (C=O) groups is 1. The van der Waals surface area contributed by atoms with E-state index >= 15 is 0 Å². The van der Waals surface area contributed by atoms with Crippen molar-refractivity contribution in [1.29, 1.82) is 0 Å². The number of ketones is 1. The van der Waals surface area contributed by atoms with Gasteiger partial charge in [0.2, 0.25) is 5.78 Å². The monoisotopic (exact) mass is 367 g/mol. The molecule has 2 aromatic heterocycles. The summed E-state index contributed by atoms with van der Waals surface area (Å²) in [5.74, 6) is 6.43. The largest absolute Gasteiger partial charge is 0.354 e. The highest BCUT2D eigenvalue weighted by atomic mass is 32.1. The van der Waals surface area contributed by atoms with Crippen LogP contribution < -0.4 is 9.96 Å². The van der Waals surface area contributed by atoms with Crippen LogP contribution in [-0.4, -0.2) is 38.0 Å². The first-order chi connectivity index (χ1) is 12.7. The van der Waals surface area contributed by atoms with E-state index in [2.05, 4.69) is 21.7 Å². The number of Topliss-reactive ketones (excluding diaryl/α,β-unsaturated/α-hetero) is 1. The number of thiophene rings is 1. The van der Waals surface area contributed by atoms with Crippen molar-refractivity contribution >= 4 is 28.6 Å². The van der Waals surface area contributed by atoms with Crippen molar-refractivity contribution in [3.63, 3.8) is 0 Å². The summed E-state index contributed by atoms with van der Waals surface area (Å²) < 4.78 is 0. The molecule has 0 amide bonds. The third kappa shape index (κ3) is 4.31. The lowest BCUT2D eigenvalue weighted by Crippen LogP contribution is -2.33. The van der Waals surface area contributed by atoms with E-state index in [9.17, 15) is 4.79 Å². The minimum atomic E-state index is -0.116. The molecule has 0 bridgehead atoms. The fraction of sp³-hybridized carbons (Fsp3) is 0.300. The van der Waals surface area contributed by atoms with Crippen LogP contribution in [0.4, 0.5) is 11.5 Å². The van der Waals surface area contributed by atoms with E-state index in [1.807, 2.05) is 36.7 Å². The summed E-state index contributed by atoms with van der Waals surface area (Å²) >= 11 is 1.42. The summed E-state index contributed by atoms with van der Waals surface area (Å²) in [7, 11) is 3.51. The van der Waals surface area contributed by atoms with Crippen LogP contribution in [0.5, 0.6) is 0 Å². The second-order valence-corrected chi connectivity index (χ2v) is 6.84. The molecule has 0 saturated carbocycles. The van der Waals surface area contributed by atoms with Crippen molar-refractivity contribution < 1.29 is 9.63 Å². The molecular weight excluding hydrogens is 346 g/mol. The number of piperidine rings is 1. The van der Waals surface area contributed by atoms with E-state index < -0.39 is 0 Å². The number of hydrogen-bond acceptors (Lipinski definition) is 6. The zero-order valence-corrected chi connectivity index (χ0v) is 15.8. The van der Waals surface area contributed by atoms with Gasteiger partial charge in [-0.2, -0.15) is 0 Å².